The average Bonchev–Trinajstić information content (AvgIpc) is 3.08. The summed E-state index contributed by atoms with van der Waals surface area (Å²) in [6.45, 7) is 8.26. The fraction of sp³-hybridized carbons (Fsp3) is 0.737. The molecule has 0 amide bonds. The highest BCUT2D eigenvalue weighted by molar-refractivity contribution is 5.27. The highest BCUT2D eigenvalue weighted by Gasteiger charge is 2.33. The highest BCUT2D eigenvalue weighted by atomic mass is 16.5. The number of rotatable bonds is 6. The monoisotopic (exact) mass is 390 g/mol. The minimum absolute atomic E-state index is 0.124. The molecule has 2 aromatic rings. The van der Waals surface area contributed by atoms with Crippen molar-refractivity contribution in [1.82, 2.24) is 29.4 Å². The Balaban J connectivity index is 1.46. The van der Waals surface area contributed by atoms with Crippen LogP contribution in [0.3, 0.4) is 0 Å². The largest absolute Gasteiger partial charge is 0.396 e. The number of aliphatic hydroxyl groups is 1. The lowest BCUT2D eigenvalue weighted by molar-refractivity contribution is -0.0232. The lowest BCUT2D eigenvalue weighted by Gasteiger charge is -2.45. The molecule has 9 heteroatoms. The number of ether oxygens (including phenoxy) is 1. The van der Waals surface area contributed by atoms with Crippen LogP contribution < -0.4 is 5.56 Å². The molecule has 2 aromatic heterocycles. The first-order valence-corrected chi connectivity index (χ1v) is 10.2. The van der Waals surface area contributed by atoms with E-state index in [1.54, 1.807) is 6.07 Å². The second-order valence-corrected chi connectivity index (χ2v) is 7.90. The molecule has 9 nitrogen and oxygen atoms in total. The SMILES string of the molecule is Cc1nc2nc(CN3CC[C@H](N4CCOCC4)[C@H](CCCO)C3)cc(=O)n2[nH]1. The number of hydrogen-bond acceptors (Lipinski definition) is 7. The normalized spacial score (nSPS) is 24.8. The third-order valence-corrected chi connectivity index (χ3v) is 5.91. The van der Waals surface area contributed by atoms with Gasteiger partial charge in [0.25, 0.3) is 11.3 Å². The second kappa shape index (κ2) is 8.69. The van der Waals surface area contributed by atoms with Crippen LogP contribution in [0, 0.1) is 12.8 Å². The molecule has 2 fully saturated rings. The van der Waals surface area contributed by atoms with Crippen molar-refractivity contribution in [3.8, 4) is 0 Å². The molecular formula is C19H30N6O3. The molecule has 0 saturated carbocycles. The smallest absolute Gasteiger partial charge is 0.274 e. The topological polar surface area (TPSA) is 99.0 Å². The highest BCUT2D eigenvalue weighted by Crippen LogP contribution is 2.27. The fourth-order valence-corrected chi connectivity index (χ4v) is 4.61. The zero-order chi connectivity index (χ0) is 19.5. The van der Waals surface area contributed by atoms with Crippen molar-refractivity contribution in [3.63, 3.8) is 0 Å². The third kappa shape index (κ3) is 4.27. The Morgan fingerprint density at radius 3 is 2.89 bits per heavy atom. The quantitative estimate of drug-likeness (QED) is 0.717. The molecule has 2 N–H and O–H groups in total. The van der Waals surface area contributed by atoms with E-state index in [0.717, 1.165) is 64.3 Å². The van der Waals surface area contributed by atoms with Crippen LogP contribution in [0.15, 0.2) is 10.9 Å². The summed E-state index contributed by atoms with van der Waals surface area (Å²) < 4.78 is 6.90. The van der Waals surface area contributed by atoms with Crippen molar-refractivity contribution in [2.45, 2.75) is 38.8 Å². The van der Waals surface area contributed by atoms with E-state index in [2.05, 4.69) is 24.9 Å². The lowest BCUT2D eigenvalue weighted by atomic mass is 9.86. The molecule has 0 spiro atoms. The summed E-state index contributed by atoms with van der Waals surface area (Å²) in [5.74, 6) is 1.62. The van der Waals surface area contributed by atoms with Crippen LogP contribution in [0.25, 0.3) is 5.78 Å². The number of nitrogens with zero attached hydrogens (tertiary/aromatic N) is 5. The molecular weight excluding hydrogens is 360 g/mol. The Kier molecular flexibility index (Phi) is 6.05. The number of aliphatic hydroxyl groups excluding tert-OH is 1. The molecule has 0 unspecified atom stereocenters. The molecule has 154 valence electrons. The predicted molar refractivity (Wildman–Crippen MR) is 104 cm³/mol. The molecule has 2 aliphatic rings. The molecule has 2 saturated heterocycles. The molecule has 0 bridgehead atoms. The Morgan fingerprint density at radius 2 is 2.11 bits per heavy atom. The van der Waals surface area contributed by atoms with Gasteiger partial charge in [-0.15, -0.1) is 0 Å². The molecule has 0 aliphatic carbocycles. The van der Waals surface area contributed by atoms with Gasteiger partial charge in [-0.2, -0.15) is 9.50 Å². The van der Waals surface area contributed by atoms with Gasteiger partial charge in [0.2, 0.25) is 0 Å². The standard InChI is InChI=1S/C19H30N6O3/c1-14-20-19-21-16(11-18(27)25(19)22-14)13-23-5-4-17(15(12-23)3-2-8-26)24-6-9-28-10-7-24/h11,15,17,26H,2-10,12-13H2,1H3,(H,20,21,22)/t15-,17+/m1/s1. The average molecular weight is 390 g/mol. The Morgan fingerprint density at radius 1 is 1.29 bits per heavy atom. The summed E-state index contributed by atoms with van der Waals surface area (Å²) in [6.07, 6.45) is 2.94. The number of H-pyrrole nitrogens is 1. The number of aromatic nitrogens is 4. The number of nitrogens with one attached hydrogen (secondary N) is 1. The first-order chi connectivity index (χ1) is 13.6. The summed E-state index contributed by atoms with van der Waals surface area (Å²) >= 11 is 0. The van der Waals surface area contributed by atoms with Crippen LogP contribution in [0.4, 0.5) is 0 Å². The van der Waals surface area contributed by atoms with Crippen molar-refractivity contribution in [2.75, 3.05) is 46.0 Å². The minimum atomic E-state index is -0.124. The van der Waals surface area contributed by atoms with E-state index in [4.69, 9.17) is 4.74 Å². The van der Waals surface area contributed by atoms with E-state index in [1.165, 1.54) is 4.52 Å². The van der Waals surface area contributed by atoms with Crippen LogP contribution in [-0.2, 0) is 11.3 Å². The molecule has 4 heterocycles. The van der Waals surface area contributed by atoms with Crippen LogP contribution >= 0.6 is 0 Å². The molecule has 28 heavy (non-hydrogen) atoms. The number of likely N-dealkylation sites (tertiary alicyclic amines) is 1. The van der Waals surface area contributed by atoms with Crippen LogP contribution in [0.1, 0.15) is 30.8 Å². The van der Waals surface area contributed by atoms with Crippen molar-refractivity contribution in [2.24, 2.45) is 5.92 Å². The fourth-order valence-electron chi connectivity index (χ4n) is 4.61. The molecule has 2 aliphatic heterocycles. The number of morpholine rings is 1. The van der Waals surface area contributed by atoms with Gasteiger partial charge in [0, 0.05) is 51.4 Å². The third-order valence-electron chi connectivity index (χ3n) is 5.91. The maximum absolute atomic E-state index is 12.3. The van der Waals surface area contributed by atoms with Crippen LogP contribution in [0.2, 0.25) is 0 Å². The first kappa shape index (κ1) is 19.5. The Bertz CT molecular complexity index is 844. The number of piperidine rings is 1. The number of aromatic amines is 1. The minimum Gasteiger partial charge on any atom is -0.396 e. The van der Waals surface area contributed by atoms with Gasteiger partial charge in [-0.05, 0) is 32.1 Å². The maximum Gasteiger partial charge on any atom is 0.274 e. The van der Waals surface area contributed by atoms with E-state index in [0.29, 0.717) is 30.1 Å². The van der Waals surface area contributed by atoms with E-state index < -0.39 is 0 Å². The van der Waals surface area contributed by atoms with Gasteiger partial charge in [-0.3, -0.25) is 19.7 Å². The Labute approximate surface area is 164 Å². The van der Waals surface area contributed by atoms with E-state index in [9.17, 15) is 9.90 Å². The predicted octanol–water partition coefficient (Wildman–Crippen LogP) is 0.0212. The summed E-state index contributed by atoms with van der Waals surface area (Å²) in [4.78, 5) is 26.1. The zero-order valence-electron chi connectivity index (χ0n) is 16.5. The van der Waals surface area contributed by atoms with Crippen LogP contribution in [-0.4, -0.2) is 86.5 Å². The lowest BCUT2D eigenvalue weighted by Crippen LogP contribution is -2.53. The van der Waals surface area contributed by atoms with Gasteiger partial charge in [0.05, 0.1) is 18.9 Å². The van der Waals surface area contributed by atoms with Gasteiger partial charge < -0.3 is 9.84 Å². The van der Waals surface area contributed by atoms with Crippen molar-refractivity contribution >= 4 is 5.78 Å². The number of fused-ring (bicyclic) bond motifs is 1. The van der Waals surface area contributed by atoms with E-state index in [1.807, 2.05) is 6.92 Å². The summed E-state index contributed by atoms with van der Waals surface area (Å²) in [6, 6.07) is 2.14. The van der Waals surface area contributed by atoms with E-state index >= 15 is 0 Å². The van der Waals surface area contributed by atoms with Gasteiger partial charge in [-0.25, -0.2) is 4.98 Å². The summed E-state index contributed by atoms with van der Waals surface area (Å²) in [7, 11) is 0. The van der Waals surface area contributed by atoms with Crippen molar-refractivity contribution < 1.29 is 9.84 Å². The first-order valence-electron chi connectivity index (χ1n) is 10.2. The molecule has 0 aromatic carbocycles. The van der Waals surface area contributed by atoms with Crippen molar-refractivity contribution in [1.29, 1.82) is 0 Å². The zero-order valence-corrected chi connectivity index (χ0v) is 16.5. The molecule has 4 rings (SSSR count). The Hall–Kier alpha value is -1.81. The van der Waals surface area contributed by atoms with Crippen molar-refractivity contribution in [3.05, 3.63) is 27.9 Å². The van der Waals surface area contributed by atoms with Gasteiger partial charge in [0.15, 0.2) is 0 Å². The molecule has 0 radical (unpaired) electrons. The number of hydrogen-bond donors (Lipinski definition) is 2. The second-order valence-electron chi connectivity index (χ2n) is 7.90. The van der Waals surface area contributed by atoms with Gasteiger partial charge in [-0.1, -0.05) is 0 Å². The van der Waals surface area contributed by atoms with Crippen LogP contribution in [0.5, 0.6) is 0 Å². The van der Waals surface area contributed by atoms with Gasteiger partial charge >= 0.3 is 0 Å². The summed E-state index contributed by atoms with van der Waals surface area (Å²) in [5.41, 5.74) is 0.642. The summed E-state index contributed by atoms with van der Waals surface area (Å²) in [5, 5.41) is 12.2. The maximum atomic E-state index is 12.3. The molecule has 2 atom stereocenters. The number of aryl methyl sites for hydroxylation is 1. The van der Waals surface area contributed by atoms with E-state index in [-0.39, 0.29) is 12.2 Å². The van der Waals surface area contributed by atoms with Gasteiger partial charge in [0.1, 0.15) is 5.82 Å².